The molecule has 2 heterocycles. The third kappa shape index (κ3) is 5.03. The van der Waals surface area contributed by atoms with E-state index < -0.39 is 0 Å². The lowest BCUT2D eigenvalue weighted by molar-refractivity contribution is -0.123. The summed E-state index contributed by atoms with van der Waals surface area (Å²) in [4.78, 5) is 39.9. The van der Waals surface area contributed by atoms with E-state index in [2.05, 4.69) is 0 Å². The summed E-state index contributed by atoms with van der Waals surface area (Å²) in [6.45, 7) is 4.65. The summed E-state index contributed by atoms with van der Waals surface area (Å²) in [5.74, 6) is -0.0221. The van der Waals surface area contributed by atoms with Crippen molar-refractivity contribution in [3.63, 3.8) is 0 Å². The summed E-state index contributed by atoms with van der Waals surface area (Å²) in [7, 11) is 0. The molecule has 174 valence electrons. The van der Waals surface area contributed by atoms with Gasteiger partial charge in [0.1, 0.15) is 6.54 Å². The molecule has 0 spiro atoms. The zero-order valence-corrected chi connectivity index (χ0v) is 20.1. The summed E-state index contributed by atoms with van der Waals surface area (Å²) in [5, 5.41) is 1.99. The maximum absolute atomic E-state index is 13.3. The van der Waals surface area contributed by atoms with Crippen molar-refractivity contribution in [2.24, 2.45) is 17.6 Å². The Morgan fingerprint density at radius 3 is 2.55 bits per heavy atom. The number of carbonyl (C=O) groups is 3. The largest absolute Gasteiger partial charge is 0.369 e. The van der Waals surface area contributed by atoms with E-state index in [1.807, 2.05) is 60.2 Å². The van der Waals surface area contributed by atoms with E-state index in [-0.39, 0.29) is 36.0 Å². The minimum absolute atomic E-state index is 0.0391. The molecule has 4 rings (SSSR count). The Morgan fingerprint density at radius 1 is 1.12 bits per heavy atom. The van der Waals surface area contributed by atoms with Gasteiger partial charge in [-0.3, -0.25) is 14.4 Å². The van der Waals surface area contributed by atoms with Crippen LogP contribution < -0.4 is 10.6 Å². The first-order valence-electron chi connectivity index (χ1n) is 11.6. The predicted molar refractivity (Wildman–Crippen MR) is 133 cm³/mol. The second-order valence-corrected chi connectivity index (χ2v) is 9.96. The molecule has 1 aliphatic carbocycles. The van der Waals surface area contributed by atoms with Crippen LogP contribution in [0.4, 0.5) is 5.69 Å². The van der Waals surface area contributed by atoms with Crippen LogP contribution in [0, 0.1) is 18.8 Å². The second-order valence-electron chi connectivity index (χ2n) is 9.01. The van der Waals surface area contributed by atoms with Gasteiger partial charge in [-0.2, -0.15) is 0 Å². The van der Waals surface area contributed by atoms with Crippen molar-refractivity contribution in [2.75, 3.05) is 11.4 Å². The van der Waals surface area contributed by atoms with Gasteiger partial charge in [-0.15, -0.1) is 11.3 Å². The van der Waals surface area contributed by atoms with Crippen LogP contribution in [0.5, 0.6) is 0 Å². The Morgan fingerprint density at radius 2 is 1.88 bits per heavy atom. The Hall–Kier alpha value is -2.93. The molecule has 6 nitrogen and oxygen atoms in total. The molecule has 0 bridgehead atoms. The SMILES string of the molecule is CCN(C(=O)Cn1c(C(=O)CC2CCC(C(N)=O)CC2)cc2sccc21)c1cccc(C)c1. The van der Waals surface area contributed by atoms with Crippen LogP contribution in [0.15, 0.2) is 41.8 Å². The minimum atomic E-state index is -0.235. The van der Waals surface area contributed by atoms with Crippen LogP contribution in [0.25, 0.3) is 10.2 Å². The van der Waals surface area contributed by atoms with E-state index in [0.717, 1.165) is 47.2 Å². The maximum Gasteiger partial charge on any atom is 0.246 e. The number of likely N-dealkylation sites (N-methyl/N-ethyl adjacent to an activating group) is 1. The number of thiophene rings is 1. The van der Waals surface area contributed by atoms with E-state index in [0.29, 0.717) is 18.7 Å². The van der Waals surface area contributed by atoms with Crippen LogP contribution in [-0.4, -0.2) is 28.7 Å². The number of aromatic nitrogens is 1. The number of nitrogens with two attached hydrogens (primary N) is 1. The number of nitrogens with zero attached hydrogens (tertiary/aromatic N) is 2. The standard InChI is InChI=1S/C26H31N3O3S/c1-3-28(20-6-4-5-17(2)13-20)25(31)16-29-21-11-12-33-24(21)15-22(29)23(30)14-18-7-9-19(10-8-18)26(27)32/h4-6,11-13,15,18-19H,3,7-10,14,16H2,1-2H3,(H2,27,32). The molecule has 2 amide bonds. The van der Waals surface area contributed by atoms with Gasteiger partial charge in [0, 0.05) is 24.6 Å². The van der Waals surface area contributed by atoms with Crippen molar-refractivity contribution >= 4 is 44.8 Å². The predicted octanol–water partition coefficient (Wildman–Crippen LogP) is 4.93. The molecule has 2 N–H and O–H groups in total. The van der Waals surface area contributed by atoms with E-state index in [1.54, 1.807) is 16.2 Å². The highest BCUT2D eigenvalue weighted by Gasteiger charge is 2.28. The van der Waals surface area contributed by atoms with Crippen molar-refractivity contribution in [1.82, 2.24) is 4.57 Å². The second kappa shape index (κ2) is 9.91. The lowest BCUT2D eigenvalue weighted by Gasteiger charge is -2.26. The van der Waals surface area contributed by atoms with E-state index in [9.17, 15) is 14.4 Å². The van der Waals surface area contributed by atoms with E-state index in [4.69, 9.17) is 5.73 Å². The normalized spacial score (nSPS) is 18.4. The van der Waals surface area contributed by atoms with Gasteiger partial charge in [0.2, 0.25) is 11.8 Å². The molecule has 0 radical (unpaired) electrons. The molecule has 2 aromatic heterocycles. The molecule has 0 aliphatic heterocycles. The van der Waals surface area contributed by atoms with Crippen LogP contribution in [0.2, 0.25) is 0 Å². The molecule has 33 heavy (non-hydrogen) atoms. The van der Waals surface area contributed by atoms with Crippen LogP contribution in [0.1, 0.15) is 55.1 Å². The van der Waals surface area contributed by atoms with Crippen LogP contribution >= 0.6 is 11.3 Å². The molecular formula is C26H31N3O3S. The monoisotopic (exact) mass is 465 g/mol. The lowest BCUT2D eigenvalue weighted by Crippen LogP contribution is -2.34. The van der Waals surface area contributed by atoms with E-state index >= 15 is 0 Å². The van der Waals surface area contributed by atoms with Gasteiger partial charge < -0.3 is 15.2 Å². The highest BCUT2D eigenvalue weighted by atomic mass is 32.1. The van der Waals surface area contributed by atoms with Gasteiger partial charge in [-0.05, 0) is 80.7 Å². The van der Waals surface area contributed by atoms with Gasteiger partial charge in [-0.1, -0.05) is 12.1 Å². The number of primary amides is 1. The summed E-state index contributed by atoms with van der Waals surface area (Å²) >= 11 is 1.58. The number of carbonyl (C=O) groups excluding carboxylic acids is 3. The molecule has 7 heteroatoms. The summed E-state index contributed by atoms with van der Waals surface area (Å²) in [6.07, 6.45) is 3.62. The number of benzene rings is 1. The summed E-state index contributed by atoms with van der Waals surface area (Å²) in [6, 6.07) is 11.8. The van der Waals surface area contributed by atoms with Crippen molar-refractivity contribution < 1.29 is 14.4 Å². The highest BCUT2D eigenvalue weighted by Crippen LogP contribution is 2.33. The topological polar surface area (TPSA) is 85.4 Å². The minimum Gasteiger partial charge on any atom is -0.369 e. The maximum atomic E-state index is 13.3. The zero-order chi connectivity index (χ0) is 23.5. The Kier molecular flexibility index (Phi) is 6.98. The fourth-order valence-electron chi connectivity index (χ4n) is 4.92. The summed E-state index contributed by atoms with van der Waals surface area (Å²) < 4.78 is 2.89. The zero-order valence-electron chi connectivity index (χ0n) is 19.3. The van der Waals surface area contributed by atoms with Crippen LogP contribution in [-0.2, 0) is 16.1 Å². The number of amides is 2. The number of ketones is 1. The average Bonchev–Trinajstić information content (AvgIpc) is 3.37. The first kappa shape index (κ1) is 23.2. The highest BCUT2D eigenvalue weighted by molar-refractivity contribution is 7.17. The van der Waals surface area contributed by atoms with Crippen molar-refractivity contribution in [2.45, 2.75) is 52.5 Å². The molecule has 1 saturated carbocycles. The number of hydrogen-bond donors (Lipinski definition) is 1. The molecule has 3 aromatic rings. The van der Waals surface area contributed by atoms with Gasteiger partial charge in [0.25, 0.3) is 0 Å². The number of rotatable bonds is 8. The number of Topliss-reactive ketones (excluding diaryl/α,β-unsaturated/α-hetero) is 1. The van der Waals surface area contributed by atoms with Crippen molar-refractivity contribution in [3.05, 3.63) is 53.0 Å². The average molecular weight is 466 g/mol. The smallest absolute Gasteiger partial charge is 0.246 e. The number of fused-ring (bicyclic) bond motifs is 1. The fourth-order valence-corrected chi connectivity index (χ4v) is 5.74. The number of hydrogen-bond acceptors (Lipinski definition) is 4. The molecule has 1 aliphatic rings. The molecule has 1 fully saturated rings. The number of aryl methyl sites for hydroxylation is 1. The molecule has 0 atom stereocenters. The molecule has 1 aromatic carbocycles. The van der Waals surface area contributed by atoms with Gasteiger partial charge >= 0.3 is 0 Å². The van der Waals surface area contributed by atoms with E-state index in [1.165, 1.54) is 0 Å². The van der Waals surface area contributed by atoms with Gasteiger partial charge in [0.15, 0.2) is 5.78 Å². The fraction of sp³-hybridized carbons (Fsp3) is 0.423. The summed E-state index contributed by atoms with van der Waals surface area (Å²) in [5.41, 5.74) is 8.94. The third-order valence-electron chi connectivity index (χ3n) is 6.76. The molecule has 0 unspecified atom stereocenters. The van der Waals surface area contributed by atoms with Gasteiger partial charge in [-0.25, -0.2) is 0 Å². The van der Waals surface area contributed by atoms with Crippen molar-refractivity contribution in [1.29, 1.82) is 0 Å². The first-order valence-corrected chi connectivity index (χ1v) is 12.5. The third-order valence-corrected chi connectivity index (χ3v) is 7.61. The quantitative estimate of drug-likeness (QED) is 0.479. The lowest BCUT2D eigenvalue weighted by atomic mass is 9.79. The Bertz CT molecular complexity index is 1170. The Labute approximate surface area is 198 Å². The van der Waals surface area contributed by atoms with Crippen molar-refractivity contribution in [3.8, 4) is 0 Å². The molecular weight excluding hydrogens is 434 g/mol. The van der Waals surface area contributed by atoms with Crippen LogP contribution in [0.3, 0.4) is 0 Å². The number of anilines is 1. The molecule has 0 saturated heterocycles. The Balaban J connectivity index is 1.53. The van der Waals surface area contributed by atoms with Gasteiger partial charge in [0.05, 0.1) is 15.9 Å². The first-order chi connectivity index (χ1) is 15.9.